The first-order valence-corrected chi connectivity index (χ1v) is 8.75. The molecule has 1 amide bonds. The molecule has 1 aliphatic rings. The topological polar surface area (TPSA) is 81.7 Å². The van der Waals surface area contributed by atoms with Crippen molar-refractivity contribution in [2.75, 3.05) is 13.1 Å². The normalized spacial score (nSPS) is 17.0. The lowest BCUT2D eigenvalue weighted by Gasteiger charge is -2.16. The van der Waals surface area contributed by atoms with E-state index in [2.05, 4.69) is 26.8 Å². The Labute approximate surface area is 151 Å². The van der Waals surface area contributed by atoms with E-state index in [-0.39, 0.29) is 5.91 Å². The summed E-state index contributed by atoms with van der Waals surface area (Å²) >= 11 is 0. The van der Waals surface area contributed by atoms with E-state index in [1.54, 1.807) is 11.0 Å². The first-order chi connectivity index (χ1) is 12.7. The number of hydrogen-bond donors (Lipinski definition) is 0. The molecular weight excluding hydrogens is 330 g/mol. The lowest BCUT2D eigenvalue weighted by molar-refractivity contribution is -0.129. The molecule has 2 aromatic heterocycles. The molecule has 3 aromatic rings. The van der Waals surface area contributed by atoms with E-state index in [0.717, 1.165) is 37.2 Å². The number of carbonyl (C=O) groups excluding carboxylic acids is 1. The second kappa shape index (κ2) is 7.07. The number of aromatic nitrogens is 6. The average molecular weight is 351 g/mol. The molecule has 8 nitrogen and oxygen atoms in total. The second-order valence-corrected chi connectivity index (χ2v) is 6.82. The van der Waals surface area contributed by atoms with Crippen molar-refractivity contribution in [3.05, 3.63) is 54.1 Å². The van der Waals surface area contributed by atoms with E-state index in [4.69, 9.17) is 0 Å². The number of hydrogen-bond acceptors (Lipinski definition) is 5. The smallest absolute Gasteiger partial charge is 0.226 e. The van der Waals surface area contributed by atoms with Crippen LogP contribution in [0.5, 0.6) is 0 Å². The Morgan fingerprint density at radius 3 is 2.77 bits per heavy atom. The van der Waals surface area contributed by atoms with Crippen molar-refractivity contribution in [1.82, 2.24) is 34.9 Å². The van der Waals surface area contributed by atoms with Crippen LogP contribution in [0.4, 0.5) is 0 Å². The minimum atomic E-state index is 0.189. The fourth-order valence-corrected chi connectivity index (χ4v) is 3.47. The van der Waals surface area contributed by atoms with E-state index >= 15 is 0 Å². The maximum Gasteiger partial charge on any atom is 0.226 e. The van der Waals surface area contributed by atoms with Gasteiger partial charge in [0.15, 0.2) is 0 Å². The molecule has 8 heteroatoms. The van der Waals surface area contributed by atoms with Crippen LogP contribution in [-0.4, -0.2) is 53.9 Å². The number of tetrazole rings is 1. The van der Waals surface area contributed by atoms with Crippen LogP contribution in [-0.2, 0) is 24.7 Å². The Morgan fingerprint density at radius 2 is 2.08 bits per heavy atom. The predicted octanol–water partition coefficient (Wildman–Crippen LogP) is 1.03. The van der Waals surface area contributed by atoms with Gasteiger partial charge in [0.1, 0.15) is 6.33 Å². The molecule has 0 aliphatic carbocycles. The summed E-state index contributed by atoms with van der Waals surface area (Å²) in [6.45, 7) is 1.67. The van der Waals surface area contributed by atoms with Gasteiger partial charge in [0.05, 0.1) is 18.3 Å². The van der Waals surface area contributed by atoms with Crippen LogP contribution in [0.1, 0.15) is 17.5 Å². The van der Waals surface area contributed by atoms with E-state index in [0.29, 0.717) is 12.3 Å². The Morgan fingerprint density at radius 1 is 1.23 bits per heavy atom. The molecular formula is C18H21N7O. The van der Waals surface area contributed by atoms with Crippen LogP contribution >= 0.6 is 0 Å². The average Bonchev–Trinajstić information content (AvgIpc) is 3.38. The molecule has 4 rings (SSSR count). The molecule has 1 fully saturated rings. The first kappa shape index (κ1) is 16.4. The van der Waals surface area contributed by atoms with Gasteiger partial charge in [-0.15, -0.1) is 5.10 Å². The van der Waals surface area contributed by atoms with Gasteiger partial charge < -0.3 is 4.90 Å². The standard InChI is InChI=1S/C18H21N7O/c1-23-11-16(10-20-23)8-15-6-7-24(12-15)18(26)9-14-2-4-17(5-3-14)25-13-19-21-22-25/h2-5,10-11,13,15H,6-9,12H2,1H3. The molecule has 1 aromatic carbocycles. The third-order valence-corrected chi connectivity index (χ3v) is 4.83. The highest BCUT2D eigenvalue weighted by Gasteiger charge is 2.26. The summed E-state index contributed by atoms with van der Waals surface area (Å²) in [6.07, 6.45) is 7.98. The number of rotatable bonds is 5. The van der Waals surface area contributed by atoms with Gasteiger partial charge in [-0.2, -0.15) is 5.10 Å². The molecule has 1 unspecified atom stereocenters. The van der Waals surface area contributed by atoms with Crippen molar-refractivity contribution in [2.45, 2.75) is 19.3 Å². The van der Waals surface area contributed by atoms with Crippen molar-refractivity contribution >= 4 is 5.91 Å². The summed E-state index contributed by atoms with van der Waals surface area (Å²) in [5.74, 6) is 0.708. The lowest BCUT2D eigenvalue weighted by atomic mass is 10.0. The first-order valence-electron chi connectivity index (χ1n) is 8.75. The third-order valence-electron chi connectivity index (χ3n) is 4.83. The molecule has 0 spiro atoms. The highest BCUT2D eigenvalue weighted by atomic mass is 16.2. The second-order valence-electron chi connectivity index (χ2n) is 6.82. The third kappa shape index (κ3) is 3.63. The van der Waals surface area contributed by atoms with Crippen LogP contribution in [0, 0.1) is 5.92 Å². The number of amides is 1. The highest BCUT2D eigenvalue weighted by molar-refractivity contribution is 5.79. The maximum absolute atomic E-state index is 12.6. The maximum atomic E-state index is 12.6. The van der Waals surface area contributed by atoms with E-state index < -0.39 is 0 Å². The largest absolute Gasteiger partial charge is 0.342 e. The minimum Gasteiger partial charge on any atom is -0.342 e. The summed E-state index contributed by atoms with van der Waals surface area (Å²) in [5, 5.41) is 15.3. The SMILES string of the molecule is Cn1cc(CC2CCN(C(=O)Cc3ccc(-n4cnnn4)cc3)C2)cn1. The number of aryl methyl sites for hydroxylation is 1. The number of benzene rings is 1. The summed E-state index contributed by atoms with van der Waals surface area (Å²) in [6, 6.07) is 7.76. The van der Waals surface area contributed by atoms with Crippen molar-refractivity contribution in [1.29, 1.82) is 0 Å². The van der Waals surface area contributed by atoms with Crippen molar-refractivity contribution in [2.24, 2.45) is 13.0 Å². The van der Waals surface area contributed by atoms with Crippen molar-refractivity contribution < 1.29 is 4.79 Å². The van der Waals surface area contributed by atoms with Gasteiger partial charge in [-0.3, -0.25) is 9.48 Å². The van der Waals surface area contributed by atoms with Crippen LogP contribution in [0.25, 0.3) is 5.69 Å². The zero-order chi connectivity index (χ0) is 17.9. The number of likely N-dealkylation sites (tertiary alicyclic amines) is 1. The van der Waals surface area contributed by atoms with E-state index in [1.807, 2.05) is 47.1 Å². The fraction of sp³-hybridized carbons (Fsp3) is 0.389. The van der Waals surface area contributed by atoms with Gasteiger partial charge in [0.25, 0.3) is 0 Å². The molecule has 0 radical (unpaired) electrons. The highest BCUT2D eigenvalue weighted by Crippen LogP contribution is 2.21. The Balaban J connectivity index is 1.32. The Hall–Kier alpha value is -3.03. The summed E-state index contributed by atoms with van der Waals surface area (Å²) in [7, 11) is 1.93. The molecule has 1 saturated heterocycles. The Bertz CT molecular complexity index is 869. The molecule has 0 saturated carbocycles. The molecule has 0 N–H and O–H groups in total. The number of carbonyl (C=O) groups is 1. The van der Waals surface area contributed by atoms with Crippen molar-refractivity contribution in [3.8, 4) is 5.69 Å². The van der Waals surface area contributed by atoms with Crippen LogP contribution in [0.3, 0.4) is 0 Å². The quantitative estimate of drug-likeness (QED) is 0.686. The molecule has 1 atom stereocenters. The molecule has 26 heavy (non-hydrogen) atoms. The zero-order valence-corrected chi connectivity index (χ0v) is 14.7. The van der Waals surface area contributed by atoms with E-state index in [9.17, 15) is 4.79 Å². The van der Waals surface area contributed by atoms with Crippen molar-refractivity contribution in [3.63, 3.8) is 0 Å². The van der Waals surface area contributed by atoms with Gasteiger partial charge in [-0.05, 0) is 52.4 Å². The Kier molecular flexibility index (Phi) is 4.47. The van der Waals surface area contributed by atoms with Gasteiger partial charge in [0, 0.05) is 26.3 Å². The molecule has 1 aliphatic heterocycles. The predicted molar refractivity (Wildman–Crippen MR) is 94.5 cm³/mol. The van der Waals surface area contributed by atoms with Gasteiger partial charge in [-0.1, -0.05) is 12.1 Å². The van der Waals surface area contributed by atoms with Gasteiger partial charge in [0.2, 0.25) is 5.91 Å². The summed E-state index contributed by atoms with van der Waals surface area (Å²) < 4.78 is 3.42. The lowest BCUT2D eigenvalue weighted by Crippen LogP contribution is -2.30. The van der Waals surface area contributed by atoms with E-state index in [1.165, 1.54) is 5.56 Å². The van der Waals surface area contributed by atoms with Gasteiger partial charge >= 0.3 is 0 Å². The fourth-order valence-electron chi connectivity index (χ4n) is 3.47. The minimum absolute atomic E-state index is 0.189. The monoisotopic (exact) mass is 351 g/mol. The summed E-state index contributed by atoms with van der Waals surface area (Å²) in [4.78, 5) is 14.6. The summed E-state index contributed by atoms with van der Waals surface area (Å²) in [5.41, 5.74) is 3.12. The number of nitrogens with zero attached hydrogens (tertiary/aromatic N) is 7. The molecule has 134 valence electrons. The zero-order valence-electron chi connectivity index (χ0n) is 14.7. The van der Waals surface area contributed by atoms with Crippen LogP contribution in [0.15, 0.2) is 43.0 Å². The molecule has 0 bridgehead atoms. The van der Waals surface area contributed by atoms with Crippen LogP contribution in [0.2, 0.25) is 0 Å². The van der Waals surface area contributed by atoms with Crippen LogP contribution < -0.4 is 0 Å². The molecule has 3 heterocycles. The van der Waals surface area contributed by atoms with Gasteiger partial charge in [-0.25, -0.2) is 4.68 Å².